The topological polar surface area (TPSA) is 47.0 Å². The van der Waals surface area contributed by atoms with Gasteiger partial charge in [0, 0.05) is 28.9 Å². The summed E-state index contributed by atoms with van der Waals surface area (Å²) in [4.78, 5) is 8.55. The lowest BCUT2D eigenvalue weighted by Gasteiger charge is -2.10. The van der Waals surface area contributed by atoms with Gasteiger partial charge in [0.2, 0.25) is 5.88 Å². The smallest absolute Gasteiger partial charge is 0.224 e. The molecule has 0 amide bonds. The Morgan fingerprint density at radius 3 is 2.57 bits per heavy atom. The Morgan fingerprint density at radius 2 is 1.81 bits per heavy atom. The molecule has 1 N–H and O–H groups in total. The van der Waals surface area contributed by atoms with E-state index in [0.29, 0.717) is 16.7 Å². The second-order valence-electron chi connectivity index (χ2n) is 4.58. The quantitative estimate of drug-likeness (QED) is 0.777. The number of rotatable bonds is 3. The van der Waals surface area contributed by atoms with Gasteiger partial charge in [-0.2, -0.15) is 4.98 Å². The van der Waals surface area contributed by atoms with Crippen LogP contribution in [-0.4, -0.2) is 17.0 Å². The van der Waals surface area contributed by atoms with E-state index in [1.54, 1.807) is 6.07 Å². The molecule has 106 valence electrons. The summed E-state index contributed by atoms with van der Waals surface area (Å²) in [6.07, 6.45) is 0. The standard InChI is InChI=1S/C16H14ClN3O/c1-10-19-15(18-2)9-16(20-10)21-14-8-7-13(17)11-5-3-4-6-12(11)14/h3-9H,1-2H3,(H,18,19,20). The van der Waals surface area contributed by atoms with Gasteiger partial charge < -0.3 is 10.1 Å². The molecular formula is C16H14ClN3O. The van der Waals surface area contributed by atoms with E-state index in [1.807, 2.05) is 50.4 Å². The average molecular weight is 300 g/mol. The molecular weight excluding hydrogens is 286 g/mol. The van der Waals surface area contributed by atoms with E-state index in [9.17, 15) is 0 Å². The number of anilines is 1. The van der Waals surface area contributed by atoms with Crippen LogP contribution in [0, 0.1) is 6.92 Å². The Bertz CT molecular complexity index is 805. The first-order valence-corrected chi connectivity index (χ1v) is 6.94. The third-order valence-electron chi connectivity index (χ3n) is 3.12. The van der Waals surface area contributed by atoms with Gasteiger partial charge in [-0.15, -0.1) is 0 Å². The molecule has 4 nitrogen and oxygen atoms in total. The molecule has 0 unspecified atom stereocenters. The van der Waals surface area contributed by atoms with Crippen LogP contribution in [0.2, 0.25) is 5.02 Å². The van der Waals surface area contributed by atoms with Crippen molar-refractivity contribution in [3.63, 3.8) is 0 Å². The summed E-state index contributed by atoms with van der Waals surface area (Å²) in [6.45, 7) is 1.83. The molecule has 2 aromatic carbocycles. The number of hydrogen-bond acceptors (Lipinski definition) is 4. The van der Waals surface area contributed by atoms with E-state index in [1.165, 1.54) is 0 Å². The van der Waals surface area contributed by atoms with Crippen molar-refractivity contribution in [2.45, 2.75) is 6.92 Å². The third kappa shape index (κ3) is 2.76. The average Bonchev–Trinajstić information content (AvgIpc) is 2.50. The summed E-state index contributed by atoms with van der Waals surface area (Å²) in [6, 6.07) is 13.3. The van der Waals surface area contributed by atoms with Crippen LogP contribution in [-0.2, 0) is 0 Å². The highest BCUT2D eigenvalue weighted by Gasteiger charge is 2.08. The van der Waals surface area contributed by atoms with Crippen molar-refractivity contribution in [2.24, 2.45) is 0 Å². The minimum Gasteiger partial charge on any atom is -0.438 e. The highest BCUT2D eigenvalue weighted by Crippen LogP contribution is 2.33. The molecule has 3 rings (SSSR count). The van der Waals surface area contributed by atoms with E-state index in [-0.39, 0.29) is 0 Å². The molecule has 1 aromatic heterocycles. The molecule has 0 atom stereocenters. The van der Waals surface area contributed by atoms with Gasteiger partial charge in [0.15, 0.2) is 0 Å². The zero-order chi connectivity index (χ0) is 14.8. The largest absolute Gasteiger partial charge is 0.438 e. The Kier molecular flexibility index (Phi) is 3.62. The molecule has 0 fully saturated rings. The van der Waals surface area contributed by atoms with Crippen molar-refractivity contribution in [1.82, 2.24) is 9.97 Å². The summed E-state index contributed by atoms with van der Waals surface area (Å²) >= 11 is 6.21. The van der Waals surface area contributed by atoms with Gasteiger partial charge in [-0.3, -0.25) is 0 Å². The number of nitrogens with zero attached hydrogens (tertiary/aromatic N) is 2. The third-order valence-corrected chi connectivity index (χ3v) is 3.45. The SMILES string of the molecule is CNc1cc(Oc2ccc(Cl)c3ccccc23)nc(C)n1. The molecule has 0 saturated carbocycles. The van der Waals surface area contributed by atoms with Crippen LogP contribution in [0.4, 0.5) is 5.82 Å². The van der Waals surface area contributed by atoms with E-state index < -0.39 is 0 Å². The number of aromatic nitrogens is 2. The molecule has 0 aliphatic rings. The van der Waals surface area contributed by atoms with Crippen LogP contribution >= 0.6 is 11.6 Å². The van der Waals surface area contributed by atoms with Gasteiger partial charge in [-0.1, -0.05) is 35.9 Å². The predicted molar refractivity (Wildman–Crippen MR) is 85.3 cm³/mol. The molecule has 0 radical (unpaired) electrons. The first kappa shape index (κ1) is 13.6. The molecule has 0 aliphatic heterocycles. The summed E-state index contributed by atoms with van der Waals surface area (Å²) in [5.41, 5.74) is 0. The fraction of sp³-hybridized carbons (Fsp3) is 0.125. The summed E-state index contributed by atoms with van der Waals surface area (Å²) in [7, 11) is 1.81. The van der Waals surface area contributed by atoms with Crippen molar-refractivity contribution >= 4 is 28.2 Å². The number of halogens is 1. The maximum Gasteiger partial charge on any atom is 0.224 e. The fourth-order valence-electron chi connectivity index (χ4n) is 2.16. The summed E-state index contributed by atoms with van der Waals surface area (Å²) < 4.78 is 5.92. The van der Waals surface area contributed by atoms with Crippen LogP contribution in [0.15, 0.2) is 42.5 Å². The lowest BCUT2D eigenvalue weighted by atomic mass is 10.1. The molecule has 0 saturated heterocycles. The Hall–Kier alpha value is -2.33. The Labute approximate surface area is 127 Å². The van der Waals surface area contributed by atoms with Gasteiger partial charge in [0.1, 0.15) is 17.4 Å². The van der Waals surface area contributed by atoms with E-state index in [0.717, 1.165) is 22.3 Å². The Morgan fingerprint density at radius 1 is 1.05 bits per heavy atom. The molecule has 21 heavy (non-hydrogen) atoms. The fourth-order valence-corrected chi connectivity index (χ4v) is 2.38. The van der Waals surface area contributed by atoms with E-state index in [4.69, 9.17) is 16.3 Å². The predicted octanol–water partition coefficient (Wildman–Crippen LogP) is 4.43. The highest BCUT2D eigenvalue weighted by molar-refractivity contribution is 6.35. The van der Waals surface area contributed by atoms with Crippen LogP contribution in [0.25, 0.3) is 10.8 Å². The molecule has 5 heteroatoms. The van der Waals surface area contributed by atoms with Crippen molar-refractivity contribution < 1.29 is 4.74 Å². The van der Waals surface area contributed by atoms with E-state index in [2.05, 4.69) is 15.3 Å². The number of nitrogens with one attached hydrogen (secondary N) is 1. The summed E-state index contributed by atoms with van der Waals surface area (Å²) in [5.74, 6) is 2.58. The molecule has 3 aromatic rings. The molecule has 0 spiro atoms. The van der Waals surface area contributed by atoms with Crippen molar-refractivity contribution in [3.05, 3.63) is 53.3 Å². The van der Waals surface area contributed by atoms with Crippen LogP contribution < -0.4 is 10.1 Å². The minimum atomic E-state index is 0.499. The normalized spacial score (nSPS) is 10.6. The molecule has 1 heterocycles. The van der Waals surface area contributed by atoms with Gasteiger partial charge in [0.25, 0.3) is 0 Å². The van der Waals surface area contributed by atoms with Crippen LogP contribution in [0.5, 0.6) is 11.6 Å². The second kappa shape index (κ2) is 5.58. The highest BCUT2D eigenvalue weighted by atomic mass is 35.5. The molecule has 0 aliphatic carbocycles. The maximum absolute atomic E-state index is 6.21. The van der Waals surface area contributed by atoms with Crippen LogP contribution in [0.1, 0.15) is 5.82 Å². The number of benzene rings is 2. The molecule has 0 bridgehead atoms. The first-order chi connectivity index (χ1) is 10.2. The number of ether oxygens (including phenoxy) is 1. The van der Waals surface area contributed by atoms with Crippen molar-refractivity contribution in [2.75, 3.05) is 12.4 Å². The van der Waals surface area contributed by atoms with E-state index >= 15 is 0 Å². The van der Waals surface area contributed by atoms with Gasteiger partial charge in [-0.05, 0) is 19.1 Å². The van der Waals surface area contributed by atoms with Crippen molar-refractivity contribution in [3.8, 4) is 11.6 Å². The number of aryl methyl sites for hydroxylation is 1. The monoisotopic (exact) mass is 299 g/mol. The zero-order valence-corrected chi connectivity index (χ0v) is 12.5. The second-order valence-corrected chi connectivity index (χ2v) is 4.99. The van der Waals surface area contributed by atoms with Gasteiger partial charge >= 0.3 is 0 Å². The van der Waals surface area contributed by atoms with Crippen molar-refractivity contribution in [1.29, 1.82) is 0 Å². The first-order valence-electron chi connectivity index (χ1n) is 6.56. The van der Waals surface area contributed by atoms with Gasteiger partial charge in [-0.25, -0.2) is 4.98 Å². The summed E-state index contributed by atoms with van der Waals surface area (Å²) in [5, 5.41) is 5.60. The minimum absolute atomic E-state index is 0.499. The van der Waals surface area contributed by atoms with Crippen LogP contribution in [0.3, 0.4) is 0 Å². The lowest BCUT2D eigenvalue weighted by Crippen LogP contribution is -1.98. The maximum atomic E-state index is 6.21. The number of fused-ring (bicyclic) bond motifs is 1. The zero-order valence-electron chi connectivity index (χ0n) is 11.7. The number of hydrogen-bond donors (Lipinski definition) is 1. The Balaban J connectivity index is 2.06. The lowest BCUT2D eigenvalue weighted by molar-refractivity contribution is 0.465. The van der Waals surface area contributed by atoms with Gasteiger partial charge in [0.05, 0.1) is 0 Å².